The van der Waals surface area contributed by atoms with Crippen LogP contribution in [-0.4, -0.2) is 34.3 Å². The molecule has 0 aliphatic carbocycles. The van der Waals surface area contributed by atoms with E-state index in [1.165, 1.54) is 0 Å². The van der Waals surface area contributed by atoms with E-state index in [2.05, 4.69) is 28.4 Å². The Balaban J connectivity index is 1.63. The molecule has 1 spiro atoms. The standard InChI is InChI=1S/C27H24N2O2S/c1-17-12-13-21-20(14-17)27(26(31)28-21)24(25(30)19-10-6-3-7-11-19)23(18-8-4-2-5-9-18)22-15-32-16-29(22)27/h2-14,22-24H,15-16H2,1H3,(H,28,31)/t22-,23+,24+,27-/m1/s1. The summed E-state index contributed by atoms with van der Waals surface area (Å²) < 4.78 is 0. The molecule has 0 saturated carbocycles. The lowest BCUT2D eigenvalue weighted by Crippen LogP contribution is -2.52. The van der Waals surface area contributed by atoms with Gasteiger partial charge in [0.25, 0.3) is 0 Å². The van der Waals surface area contributed by atoms with Crippen molar-refractivity contribution in [3.63, 3.8) is 0 Å². The van der Waals surface area contributed by atoms with Crippen LogP contribution in [0.3, 0.4) is 0 Å². The topological polar surface area (TPSA) is 49.4 Å². The molecule has 0 unspecified atom stereocenters. The molecule has 2 saturated heterocycles. The van der Waals surface area contributed by atoms with Gasteiger partial charge in [0.2, 0.25) is 5.91 Å². The van der Waals surface area contributed by atoms with Crippen molar-refractivity contribution in [2.75, 3.05) is 16.9 Å². The molecule has 1 amide bonds. The molecular weight excluding hydrogens is 416 g/mol. The molecule has 0 bridgehead atoms. The van der Waals surface area contributed by atoms with Gasteiger partial charge < -0.3 is 5.32 Å². The van der Waals surface area contributed by atoms with Crippen LogP contribution in [0, 0.1) is 12.8 Å². The minimum Gasteiger partial charge on any atom is -0.324 e. The highest BCUT2D eigenvalue weighted by Gasteiger charge is 2.69. The van der Waals surface area contributed by atoms with E-state index in [4.69, 9.17) is 0 Å². The van der Waals surface area contributed by atoms with Crippen LogP contribution in [0.1, 0.15) is 33.0 Å². The van der Waals surface area contributed by atoms with E-state index in [1.54, 1.807) is 0 Å². The van der Waals surface area contributed by atoms with Gasteiger partial charge in [-0.2, -0.15) is 0 Å². The number of carbonyl (C=O) groups excluding carboxylic acids is 2. The number of Topliss-reactive ketones (excluding diaryl/α,β-unsaturated/α-hetero) is 1. The van der Waals surface area contributed by atoms with Crippen molar-refractivity contribution in [1.29, 1.82) is 0 Å². The highest BCUT2D eigenvalue weighted by Crippen LogP contribution is 2.61. The fourth-order valence-electron chi connectivity index (χ4n) is 6.02. The van der Waals surface area contributed by atoms with Gasteiger partial charge in [0.1, 0.15) is 5.54 Å². The molecule has 3 aliphatic heterocycles. The Kier molecular flexibility index (Phi) is 4.52. The molecule has 3 aromatic rings. The van der Waals surface area contributed by atoms with Crippen LogP contribution in [0.25, 0.3) is 0 Å². The maximum Gasteiger partial charge on any atom is 0.250 e. The Hall–Kier alpha value is -2.89. The molecule has 0 aromatic heterocycles. The zero-order valence-corrected chi connectivity index (χ0v) is 18.6. The number of fused-ring (bicyclic) bond motifs is 4. The Morgan fingerprint density at radius 3 is 2.50 bits per heavy atom. The van der Waals surface area contributed by atoms with E-state index >= 15 is 0 Å². The van der Waals surface area contributed by atoms with Gasteiger partial charge in [-0.3, -0.25) is 14.5 Å². The third kappa shape index (κ3) is 2.61. The first-order valence-corrected chi connectivity index (χ1v) is 12.2. The number of rotatable bonds is 3. The molecule has 0 radical (unpaired) electrons. The number of aryl methyl sites for hydroxylation is 1. The molecule has 6 rings (SSSR count). The van der Waals surface area contributed by atoms with Gasteiger partial charge in [0.05, 0.1) is 5.92 Å². The molecular formula is C27H24N2O2S. The van der Waals surface area contributed by atoms with E-state index < -0.39 is 11.5 Å². The lowest BCUT2D eigenvalue weighted by atomic mass is 9.69. The number of nitrogens with zero attached hydrogens (tertiary/aromatic N) is 1. The predicted molar refractivity (Wildman–Crippen MR) is 128 cm³/mol. The number of nitrogens with one attached hydrogen (secondary N) is 1. The fraction of sp³-hybridized carbons (Fsp3) is 0.259. The Morgan fingerprint density at radius 1 is 1.03 bits per heavy atom. The van der Waals surface area contributed by atoms with Crippen LogP contribution < -0.4 is 5.32 Å². The van der Waals surface area contributed by atoms with Crippen LogP contribution in [-0.2, 0) is 10.3 Å². The largest absolute Gasteiger partial charge is 0.324 e. The predicted octanol–water partition coefficient (Wildman–Crippen LogP) is 4.81. The molecule has 4 atom stereocenters. The van der Waals surface area contributed by atoms with E-state index in [0.717, 1.165) is 34.0 Å². The molecule has 5 heteroatoms. The van der Waals surface area contributed by atoms with Gasteiger partial charge in [-0.25, -0.2) is 0 Å². The summed E-state index contributed by atoms with van der Waals surface area (Å²) in [5.74, 6) is 1.07. The molecule has 1 N–H and O–H groups in total. The number of anilines is 1. The first kappa shape index (κ1) is 19.8. The summed E-state index contributed by atoms with van der Waals surface area (Å²) in [4.78, 5) is 30.5. The molecule has 3 heterocycles. The third-order valence-electron chi connectivity index (χ3n) is 7.30. The summed E-state index contributed by atoms with van der Waals surface area (Å²) in [6, 6.07) is 26.0. The average molecular weight is 441 g/mol. The first-order valence-electron chi connectivity index (χ1n) is 11.0. The fourth-order valence-corrected chi connectivity index (χ4v) is 7.35. The monoisotopic (exact) mass is 440 g/mol. The van der Waals surface area contributed by atoms with Crippen molar-refractivity contribution in [2.24, 2.45) is 5.92 Å². The van der Waals surface area contributed by atoms with E-state index in [0.29, 0.717) is 5.56 Å². The molecule has 4 nitrogen and oxygen atoms in total. The smallest absolute Gasteiger partial charge is 0.250 e. The zero-order valence-electron chi connectivity index (χ0n) is 17.8. The number of thioether (sulfide) groups is 1. The summed E-state index contributed by atoms with van der Waals surface area (Å²) in [6.07, 6.45) is 0. The average Bonchev–Trinajstić information content (AvgIpc) is 3.48. The van der Waals surface area contributed by atoms with Gasteiger partial charge in [-0.05, 0) is 18.6 Å². The number of amides is 1. The summed E-state index contributed by atoms with van der Waals surface area (Å²) >= 11 is 1.85. The zero-order chi connectivity index (χ0) is 21.9. The lowest BCUT2D eigenvalue weighted by Gasteiger charge is -2.36. The number of hydrogen-bond acceptors (Lipinski definition) is 4. The Morgan fingerprint density at radius 2 is 1.75 bits per heavy atom. The van der Waals surface area contributed by atoms with Gasteiger partial charge >= 0.3 is 0 Å². The van der Waals surface area contributed by atoms with Crippen LogP contribution in [0.2, 0.25) is 0 Å². The highest BCUT2D eigenvalue weighted by atomic mass is 32.2. The summed E-state index contributed by atoms with van der Waals surface area (Å²) in [6.45, 7) is 2.05. The molecule has 2 fully saturated rings. The van der Waals surface area contributed by atoms with Crippen LogP contribution in [0.4, 0.5) is 5.69 Å². The third-order valence-corrected chi connectivity index (χ3v) is 8.34. The van der Waals surface area contributed by atoms with Crippen molar-refractivity contribution < 1.29 is 9.59 Å². The quantitative estimate of drug-likeness (QED) is 0.594. The summed E-state index contributed by atoms with van der Waals surface area (Å²) in [5.41, 5.74) is 3.67. The minimum atomic E-state index is -0.997. The Labute approximate surface area is 192 Å². The van der Waals surface area contributed by atoms with Crippen molar-refractivity contribution in [1.82, 2.24) is 4.90 Å². The molecule has 3 aliphatic rings. The number of carbonyl (C=O) groups is 2. The van der Waals surface area contributed by atoms with E-state index in [1.807, 2.05) is 79.3 Å². The maximum atomic E-state index is 14.2. The first-order chi connectivity index (χ1) is 15.6. The van der Waals surface area contributed by atoms with Gasteiger partial charge in [-0.15, -0.1) is 11.8 Å². The maximum absolute atomic E-state index is 14.2. The second-order valence-corrected chi connectivity index (χ2v) is 9.95. The van der Waals surface area contributed by atoms with E-state index in [-0.39, 0.29) is 23.7 Å². The van der Waals surface area contributed by atoms with E-state index in [9.17, 15) is 9.59 Å². The van der Waals surface area contributed by atoms with Crippen molar-refractivity contribution in [2.45, 2.75) is 24.4 Å². The van der Waals surface area contributed by atoms with Crippen LogP contribution in [0.15, 0.2) is 78.9 Å². The van der Waals surface area contributed by atoms with Crippen LogP contribution >= 0.6 is 11.8 Å². The van der Waals surface area contributed by atoms with Crippen molar-refractivity contribution in [3.8, 4) is 0 Å². The highest BCUT2D eigenvalue weighted by molar-refractivity contribution is 7.99. The summed E-state index contributed by atoms with van der Waals surface area (Å²) in [7, 11) is 0. The van der Waals surface area contributed by atoms with Crippen molar-refractivity contribution >= 4 is 29.1 Å². The van der Waals surface area contributed by atoms with Gasteiger partial charge in [-0.1, -0.05) is 78.4 Å². The minimum absolute atomic E-state index is 0.0448. The molecule has 32 heavy (non-hydrogen) atoms. The van der Waals surface area contributed by atoms with Gasteiger partial charge in [0, 0.05) is 40.4 Å². The second kappa shape index (κ2) is 7.32. The van der Waals surface area contributed by atoms with Gasteiger partial charge in [0.15, 0.2) is 5.78 Å². The SMILES string of the molecule is Cc1ccc2c(c1)[C@]1(C(=O)N2)[C@H](C(=O)c2ccccc2)[C@@H](c2ccccc2)[C@H]2CSCN21. The molecule has 160 valence electrons. The number of hydrogen-bond donors (Lipinski definition) is 1. The normalized spacial score (nSPS) is 28.5. The van der Waals surface area contributed by atoms with Crippen LogP contribution in [0.5, 0.6) is 0 Å². The Bertz CT molecular complexity index is 1210. The van der Waals surface area contributed by atoms with Crippen molar-refractivity contribution in [3.05, 3.63) is 101 Å². The molecule has 3 aromatic carbocycles. The lowest BCUT2D eigenvalue weighted by molar-refractivity contribution is -0.127. The summed E-state index contributed by atoms with van der Waals surface area (Å²) in [5, 5.41) is 3.14. The number of benzene rings is 3. The second-order valence-electron chi connectivity index (χ2n) is 8.95. The number of ketones is 1.